The maximum Gasteiger partial charge on any atom is 0.244 e. The van der Waals surface area contributed by atoms with E-state index in [1.54, 1.807) is 37.3 Å². The lowest BCUT2D eigenvalue weighted by Gasteiger charge is -2.33. The molecule has 3 rings (SSSR count). The molecule has 1 aliphatic heterocycles. The number of sulfonamides is 1. The van der Waals surface area contributed by atoms with E-state index in [2.05, 4.69) is 5.32 Å². The zero-order valence-electron chi connectivity index (χ0n) is 21.9. The van der Waals surface area contributed by atoms with E-state index in [9.17, 15) is 18.0 Å². The summed E-state index contributed by atoms with van der Waals surface area (Å²) in [4.78, 5) is 28.5. The zero-order chi connectivity index (χ0) is 28.0. The molecule has 0 bridgehead atoms. The second-order valence-electron chi connectivity index (χ2n) is 8.94. The summed E-state index contributed by atoms with van der Waals surface area (Å²) >= 11 is 12.5. The minimum Gasteiger partial charge on any atom is -0.454 e. The highest BCUT2D eigenvalue weighted by molar-refractivity contribution is 7.92. The quantitative estimate of drug-likeness (QED) is 0.390. The first kappa shape index (κ1) is 29.9. The predicted octanol–water partition coefficient (Wildman–Crippen LogP) is 4.60. The molecule has 38 heavy (non-hydrogen) atoms. The van der Waals surface area contributed by atoms with Crippen LogP contribution in [0.2, 0.25) is 10.0 Å². The Morgan fingerprint density at radius 2 is 1.74 bits per heavy atom. The molecule has 1 N–H and O–H groups in total. The van der Waals surface area contributed by atoms with Crippen molar-refractivity contribution in [1.82, 2.24) is 10.2 Å². The number of halogens is 2. The van der Waals surface area contributed by atoms with E-state index in [1.807, 2.05) is 13.8 Å². The highest BCUT2D eigenvalue weighted by Crippen LogP contribution is 2.36. The standard InChI is InChI=1S/C26H33Cl2N3O6S/c1-5-17(4)29-26(33)22(6-2)30(14-18-8-9-19(27)12-21(18)28)25(32)15-31(38(34,35)7-3)20-10-11-23-24(13-20)37-16-36-23/h8-13,17,22H,5-7,14-16H2,1-4H3,(H,29,33)/t17-,22+/m0/s1. The number of carbonyl (C=O) groups excluding carboxylic acids is 2. The molecule has 9 nitrogen and oxygen atoms in total. The molecule has 0 aromatic heterocycles. The summed E-state index contributed by atoms with van der Waals surface area (Å²) in [5.41, 5.74) is 0.832. The molecule has 0 fully saturated rings. The fourth-order valence-corrected chi connectivity index (χ4v) is 5.48. The van der Waals surface area contributed by atoms with E-state index in [-0.39, 0.29) is 36.7 Å². The molecule has 2 atom stereocenters. The summed E-state index contributed by atoms with van der Waals surface area (Å²) in [5, 5.41) is 3.70. The predicted molar refractivity (Wildman–Crippen MR) is 148 cm³/mol. The van der Waals surface area contributed by atoms with Gasteiger partial charge in [0.05, 0.1) is 11.4 Å². The summed E-state index contributed by atoms with van der Waals surface area (Å²) in [6.45, 7) is 6.61. The topological polar surface area (TPSA) is 105 Å². The third kappa shape index (κ3) is 7.03. The molecule has 208 valence electrons. The van der Waals surface area contributed by atoms with Gasteiger partial charge in [0.2, 0.25) is 28.6 Å². The Hall–Kier alpha value is -2.69. The van der Waals surface area contributed by atoms with Crippen LogP contribution in [0.25, 0.3) is 0 Å². The number of amides is 2. The summed E-state index contributed by atoms with van der Waals surface area (Å²) in [5.74, 6) is -0.245. The number of ether oxygens (including phenoxy) is 2. The van der Waals surface area contributed by atoms with Crippen LogP contribution in [0.3, 0.4) is 0 Å². The van der Waals surface area contributed by atoms with Crippen LogP contribution in [0.15, 0.2) is 36.4 Å². The number of benzene rings is 2. The van der Waals surface area contributed by atoms with E-state index in [0.717, 1.165) is 4.31 Å². The lowest BCUT2D eigenvalue weighted by Crippen LogP contribution is -2.53. The number of carbonyl (C=O) groups is 2. The van der Waals surface area contributed by atoms with Gasteiger partial charge in [-0.1, -0.05) is 43.1 Å². The second-order valence-corrected chi connectivity index (χ2v) is 12.0. The van der Waals surface area contributed by atoms with Crippen LogP contribution >= 0.6 is 23.2 Å². The van der Waals surface area contributed by atoms with E-state index in [4.69, 9.17) is 32.7 Å². The maximum absolute atomic E-state index is 13.9. The minimum atomic E-state index is -3.88. The van der Waals surface area contributed by atoms with E-state index >= 15 is 0 Å². The monoisotopic (exact) mass is 585 g/mol. The highest BCUT2D eigenvalue weighted by Gasteiger charge is 2.33. The van der Waals surface area contributed by atoms with E-state index in [0.29, 0.717) is 39.9 Å². The summed E-state index contributed by atoms with van der Waals surface area (Å²) < 4.78 is 38.0. The molecule has 2 amide bonds. The van der Waals surface area contributed by atoms with Gasteiger partial charge in [-0.3, -0.25) is 13.9 Å². The fraction of sp³-hybridized carbons (Fsp3) is 0.462. The van der Waals surface area contributed by atoms with Crippen molar-refractivity contribution in [2.24, 2.45) is 0 Å². The van der Waals surface area contributed by atoms with Crippen molar-refractivity contribution < 1.29 is 27.5 Å². The van der Waals surface area contributed by atoms with Crippen molar-refractivity contribution in [3.05, 3.63) is 52.0 Å². The molecule has 0 radical (unpaired) electrons. The van der Waals surface area contributed by atoms with Gasteiger partial charge >= 0.3 is 0 Å². The number of anilines is 1. The minimum absolute atomic E-state index is 0.0115. The molecule has 2 aromatic rings. The molecular formula is C26H33Cl2N3O6S. The van der Waals surface area contributed by atoms with Crippen LogP contribution < -0.4 is 19.1 Å². The number of nitrogens with one attached hydrogen (secondary N) is 1. The normalized spacial score (nSPS) is 14.1. The van der Waals surface area contributed by atoms with Crippen LogP contribution in [-0.4, -0.2) is 56.3 Å². The molecule has 1 heterocycles. The first-order chi connectivity index (χ1) is 18.0. The molecule has 0 aliphatic carbocycles. The maximum atomic E-state index is 13.9. The van der Waals surface area contributed by atoms with E-state index < -0.39 is 28.5 Å². The SMILES string of the molecule is CC[C@H](C(=O)N[C@@H](C)CC)N(Cc1ccc(Cl)cc1Cl)C(=O)CN(c1ccc2c(c1)OCO2)S(=O)(=O)CC. The van der Waals surface area contributed by atoms with Crippen LogP contribution in [-0.2, 0) is 26.2 Å². The number of fused-ring (bicyclic) bond motifs is 1. The Morgan fingerprint density at radius 1 is 1.03 bits per heavy atom. The third-order valence-electron chi connectivity index (χ3n) is 6.37. The van der Waals surface area contributed by atoms with Gasteiger partial charge < -0.3 is 19.7 Å². The van der Waals surface area contributed by atoms with Gasteiger partial charge in [-0.05, 0) is 56.5 Å². The average molecular weight is 587 g/mol. The van der Waals surface area contributed by atoms with Gasteiger partial charge in [0.15, 0.2) is 11.5 Å². The number of hydrogen-bond acceptors (Lipinski definition) is 6. The summed E-state index contributed by atoms with van der Waals surface area (Å²) in [6, 6.07) is 8.61. The Morgan fingerprint density at radius 3 is 2.37 bits per heavy atom. The molecule has 1 aliphatic rings. The van der Waals surface area contributed by atoms with Crippen molar-refractivity contribution in [3.63, 3.8) is 0 Å². The van der Waals surface area contributed by atoms with Crippen molar-refractivity contribution in [1.29, 1.82) is 0 Å². The van der Waals surface area contributed by atoms with Crippen LogP contribution in [0.5, 0.6) is 11.5 Å². The van der Waals surface area contributed by atoms with Crippen LogP contribution in [0, 0.1) is 0 Å². The van der Waals surface area contributed by atoms with Crippen LogP contribution in [0.1, 0.15) is 46.1 Å². The van der Waals surface area contributed by atoms with Gasteiger partial charge in [-0.25, -0.2) is 8.42 Å². The lowest BCUT2D eigenvalue weighted by molar-refractivity contribution is -0.140. The first-order valence-corrected chi connectivity index (χ1v) is 14.8. The average Bonchev–Trinajstić information content (AvgIpc) is 3.36. The molecule has 0 saturated heterocycles. The van der Waals surface area contributed by atoms with Crippen molar-refractivity contribution in [3.8, 4) is 11.5 Å². The largest absolute Gasteiger partial charge is 0.454 e. The van der Waals surface area contributed by atoms with Gasteiger partial charge in [-0.2, -0.15) is 0 Å². The van der Waals surface area contributed by atoms with Crippen molar-refractivity contribution >= 4 is 50.7 Å². The second kappa shape index (κ2) is 12.9. The Labute approximate surface area is 234 Å². The smallest absolute Gasteiger partial charge is 0.244 e. The van der Waals surface area contributed by atoms with Crippen LogP contribution in [0.4, 0.5) is 5.69 Å². The van der Waals surface area contributed by atoms with Gasteiger partial charge in [0.25, 0.3) is 0 Å². The Balaban J connectivity index is 2.00. The Kier molecular flexibility index (Phi) is 10.1. The molecular weight excluding hydrogens is 553 g/mol. The molecule has 2 aromatic carbocycles. The lowest BCUT2D eigenvalue weighted by atomic mass is 10.1. The summed E-state index contributed by atoms with van der Waals surface area (Å²) in [7, 11) is -3.88. The number of nitrogens with zero attached hydrogens (tertiary/aromatic N) is 2. The number of rotatable bonds is 12. The van der Waals surface area contributed by atoms with Gasteiger partial charge in [0, 0.05) is 28.7 Å². The molecule has 12 heteroatoms. The third-order valence-corrected chi connectivity index (χ3v) is 8.69. The van der Waals surface area contributed by atoms with Crippen molar-refractivity contribution in [2.45, 2.75) is 59.2 Å². The fourth-order valence-electron chi connectivity index (χ4n) is 3.95. The van der Waals surface area contributed by atoms with E-state index in [1.165, 1.54) is 17.9 Å². The van der Waals surface area contributed by atoms with Gasteiger partial charge in [0.1, 0.15) is 12.6 Å². The zero-order valence-corrected chi connectivity index (χ0v) is 24.2. The first-order valence-electron chi connectivity index (χ1n) is 12.4. The number of hydrogen-bond donors (Lipinski definition) is 1. The highest BCUT2D eigenvalue weighted by atomic mass is 35.5. The molecule has 0 saturated carbocycles. The van der Waals surface area contributed by atoms with Crippen molar-refractivity contribution in [2.75, 3.05) is 23.4 Å². The molecule has 0 unspecified atom stereocenters. The van der Waals surface area contributed by atoms with Gasteiger partial charge in [-0.15, -0.1) is 0 Å². The molecule has 0 spiro atoms. The Bertz CT molecular complexity index is 1270. The summed E-state index contributed by atoms with van der Waals surface area (Å²) in [6.07, 6.45) is 1.02.